The lowest BCUT2D eigenvalue weighted by Crippen LogP contribution is -2.23. The van der Waals surface area contributed by atoms with Crippen LogP contribution in [-0.2, 0) is 11.3 Å². The number of likely N-dealkylation sites (N-methyl/N-ethyl adjacent to an activating group) is 1. The molecule has 0 saturated carbocycles. The Hall–Kier alpha value is -1.69. The number of fused-ring (bicyclic) bond motifs is 1. The van der Waals surface area contributed by atoms with Gasteiger partial charge in [0.15, 0.2) is 0 Å². The van der Waals surface area contributed by atoms with Crippen LogP contribution in [0.2, 0.25) is 4.34 Å². The standard InChI is InChI=1S/C16H13ClN2OS2/c1-19(10-11-6-7-14(17)21-11)16(20)9-8-15-18-12-4-2-3-5-13(12)22-15/h2-9H,10H2,1H3/b9-8+. The molecule has 2 aromatic heterocycles. The number of carbonyl (C=O) groups excluding carboxylic acids is 1. The second-order valence-electron chi connectivity index (χ2n) is 4.75. The first-order valence-electron chi connectivity index (χ1n) is 6.65. The molecule has 3 nitrogen and oxygen atoms in total. The second kappa shape index (κ2) is 6.60. The number of hydrogen-bond acceptors (Lipinski definition) is 4. The van der Waals surface area contributed by atoms with Crippen molar-refractivity contribution in [2.75, 3.05) is 7.05 Å². The zero-order valence-corrected chi connectivity index (χ0v) is 14.2. The first kappa shape index (κ1) is 15.2. The van der Waals surface area contributed by atoms with Crippen LogP contribution in [0, 0.1) is 0 Å². The highest BCUT2D eigenvalue weighted by molar-refractivity contribution is 7.19. The van der Waals surface area contributed by atoms with Gasteiger partial charge in [-0.05, 0) is 30.3 Å². The highest BCUT2D eigenvalue weighted by Gasteiger charge is 2.08. The van der Waals surface area contributed by atoms with Gasteiger partial charge in [-0.1, -0.05) is 23.7 Å². The van der Waals surface area contributed by atoms with Crippen molar-refractivity contribution in [3.63, 3.8) is 0 Å². The number of aromatic nitrogens is 1. The lowest BCUT2D eigenvalue weighted by atomic mass is 10.3. The van der Waals surface area contributed by atoms with E-state index in [1.165, 1.54) is 11.3 Å². The average Bonchev–Trinajstić information content (AvgIpc) is 3.10. The zero-order chi connectivity index (χ0) is 15.5. The molecule has 3 rings (SSSR count). The third kappa shape index (κ3) is 3.55. The number of rotatable bonds is 4. The van der Waals surface area contributed by atoms with E-state index < -0.39 is 0 Å². The minimum Gasteiger partial charge on any atom is -0.337 e. The Morgan fingerprint density at radius 3 is 2.82 bits per heavy atom. The van der Waals surface area contributed by atoms with E-state index in [4.69, 9.17) is 11.6 Å². The van der Waals surface area contributed by atoms with Crippen LogP contribution in [0.4, 0.5) is 0 Å². The lowest BCUT2D eigenvalue weighted by molar-refractivity contribution is -0.125. The molecule has 0 aliphatic carbocycles. The fourth-order valence-corrected chi connectivity index (χ4v) is 3.99. The van der Waals surface area contributed by atoms with Gasteiger partial charge in [-0.2, -0.15) is 0 Å². The van der Waals surface area contributed by atoms with Gasteiger partial charge in [-0.3, -0.25) is 4.79 Å². The van der Waals surface area contributed by atoms with Gasteiger partial charge in [0, 0.05) is 18.0 Å². The second-order valence-corrected chi connectivity index (χ2v) is 7.62. The molecule has 0 bridgehead atoms. The van der Waals surface area contributed by atoms with Gasteiger partial charge in [-0.25, -0.2) is 4.98 Å². The summed E-state index contributed by atoms with van der Waals surface area (Å²) in [4.78, 5) is 19.3. The van der Waals surface area contributed by atoms with Crippen molar-refractivity contribution in [2.45, 2.75) is 6.54 Å². The van der Waals surface area contributed by atoms with Crippen molar-refractivity contribution in [3.05, 3.63) is 56.7 Å². The van der Waals surface area contributed by atoms with E-state index in [-0.39, 0.29) is 5.91 Å². The van der Waals surface area contributed by atoms with Crippen molar-refractivity contribution in [2.24, 2.45) is 0 Å². The smallest absolute Gasteiger partial charge is 0.246 e. The van der Waals surface area contributed by atoms with E-state index >= 15 is 0 Å². The molecule has 0 aliphatic rings. The number of para-hydroxylation sites is 1. The Bertz CT molecular complexity index is 804. The molecule has 0 N–H and O–H groups in total. The van der Waals surface area contributed by atoms with Crippen LogP contribution in [0.1, 0.15) is 9.88 Å². The maximum Gasteiger partial charge on any atom is 0.246 e. The molecule has 6 heteroatoms. The lowest BCUT2D eigenvalue weighted by Gasteiger charge is -2.13. The van der Waals surface area contributed by atoms with Crippen molar-refractivity contribution >= 4 is 56.5 Å². The Labute approximate surface area is 141 Å². The molecule has 0 atom stereocenters. The van der Waals surface area contributed by atoms with Crippen LogP contribution in [0.25, 0.3) is 16.3 Å². The molecule has 0 fully saturated rings. The summed E-state index contributed by atoms with van der Waals surface area (Å²) in [6, 6.07) is 11.7. The van der Waals surface area contributed by atoms with Crippen LogP contribution in [0.3, 0.4) is 0 Å². The van der Waals surface area contributed by atoms with Crippen LogP contribution in [-0.4, -0.2) is 22.8 Å². The van der Waals surface area contributed by atoms with Crippen LogP contribution >= 0.6 is 34.3 Å². The minimum atomic E-state index is -0.0521. The van der Waals surface area contributed by atoms with Gasteiger partial charge in [0.1, 0.15) is 5.01 Å². The Balaban J connectivity index is 1.67. The Morgan fingerprint density at radius 1 is 1.27 bits per heavy atom. The summed E-state index contributed by atoms with van der Waals surface area (Å²) in [6.07, 6.45) is 3.33. The van der Waals surface area contributed by atoms with E-state index in [1.807, 2.05) is 36.4 Å². The third-order valence-corrected chi connectivity index (χ3v) is 5.29. The van der Waals surface area contributed by atoms with Crippen molar-refractivity contribution in [1.82, 2.24) is 9.88 Å². The first-order chi connectivity index (χ1) is 10.6. The summed E-state index contributed by atoms with van der Waals surface area (Å²) in [5.41, 5.74) is 0.959. The summed E-state index contributed by atoms with van der Waals surface area (Å²) < 4.78 is 1.86. The molecule has 2 heterocycles. The van der Waals surface area contributed by atoms with Crippen molar-refractivity contribution in [3.8, 4) is 0 Å². The number of amides is 1. The number of thiazole rings is 1. The summed E-state index contributed by atoms with van der Waals surface area (Å²) in [5.74, 6) is -0.0521. The molecule has 1 amide bonds. The van der Waals surface area contributed by atoms with Crippen molar-refractivity contribution in [1.29, 1.82) is 0 Å². The predicted octanol–water partition coefficient (Wildman–Crippen LogP) is 4.68. The molecular weight excluding hydrogens is 336 g/mol. The molecule has 0 aliphatic heterocycles. The van der Waals surface area contributed by atoms with Gasteiger partial charge in [0.25, 0.3) is 0 Å². The predicted molar refractivity (Wildman–Crippen MR) is 94.5 cm³/mol. The van der Waals surface area contributed by atoms with E-state index in [0.29, 0.717) is 6.54 Å². The quantitative estimate of drug-likeness (QED) is 0.641. The number of benzene rings is 1. The van der Waals surface area contributed by atoms with Gasteiger partial charge >= 0.3 is 0 Å². The molecule has 3 aromatic rings. The molecule has 0 saturated heterocycles. The number of carbonyl (C=O) groups is 1. The van der Waals surface area contributed by atoms with Gasteiger partial charge in [-0.15, -0.1) is 22.7 Å². The highest BCUT2D eigenvalue weighted by Crippen LogP contribution is 2.23. The first-order valence-corrected chi connectivity index (χ1v) is 8.66. The van der Waals surface area contributed by atoms with E-state index in [0.717, 1.165) is 24.4 Å². The molecule has 0 radical (unpaired) electrons. The monoisotopic (exact) mass is 348 g/mol. The van der Waals surface area contributed by atoms with E-state index in [9.17, 15) is 4.79 Å². The fourth-order valence-electron chi connectivity index (χ4n) is 1.98. The summed E-state index contributed by atoms with van der Waals surface area (Å²) in [5, 5.41) is 0.835. The summed E-state index contributed by atoms with van der Waals surface area (Å²) in [7, 11) is 1.78. The molecule has 112 valence electrons. The van der Waals surface area contributed by atoms with Gasteiger partial charge in [0.05, 0.1) is 21.1 Å². The number of hydrogen-bond donors (Lipinski definition) is 0. The topological polar surface area (TPSA) is 33.2 Å². The molecule has 22 heavy (non-hydrogen) atoms. The third-order valence-electron chi connectivity index (χ3n) is 3.08. The molecular formula is C16H13ClN2OS2. The number of nitrogens with zero attached hydrogens (tertiary/aromatic N) is 2. The number of thiophene rings is 1. The van der Waals surface area contributed by atoms with Crippen LogP contribution in [0.5, 0.6) is 0 Å². The van der Waals surface area contributed by atoms with E-state index in [1.54, 1.807) is 35.4 Å². The zero-order valence-electron chi connectivity index (χ0n) is 11.8. The normalized spacial score (nSPS) is 11.4. The molecule has 0 spiro atoms. The molecule has 0 unspecified atom stereocenters. The summed E-state index contributed by atoms with van der Waals surface area (Å²) in [6.45, 7) is 0.556. The maximum absolute atomic E-state index is 12.1. The minimum absolute atomic E-state index is 0.0521. The number of halogens is 1. The van der Waals surface area contributed by atoms with E-state index in [2.05, 4.69) is 4.98 Å². The fraction of sp³-hybridized carbons (Fsp3) is 0.125. The molecule has 1 aromatic carbocycles. The van der Waals surface area contributed by atoms with Crippen LogP contribution in [0.15, 0.2) is 42.5 Å². The van der Waals surface area contributed by atoms with Crippen molar-refractivity contribution < 1.29 is 4.79 Å². The Morgan fingerprint density at radius 2 is 2.09 bits per heavy atom. The van der Waals surface area contributed by atoms with Crippen LogP contribution < -0.4 is 0 Å². The summed E-state index contributed by atoms with van der Waals surface area (Å²) >= 11 is 8.96. The SMILES string of the molecule is CN(Cc1ccc(Cl)s1)C(=O)/C=C/c1nc2ccccc2s1. The maximum atomic E-state index is 12.1. The average molecular weight is 349 g/mol. The van der Waals surface area contributed by atoms with Gasteiger partial charge < -0.3 is 4.90 Å². The Kier molecular flexibility index (Phi) is 4.57. The van der Waals surface area contributed by atoms with Gasteiger partial charge in [0.2, 0.25) is 5.91 Å². The highest BCUT2D eigenvalue weighted by atomic mass is 35.5. The largest absolute Gasteiger partial charge is 0.337 e.